The van der Waals surface area contributed by atoms with Gasteiger partial charge in [0.15, 0.2) is 15.1 Å². The number of aliphatic hydroxyl groups excluding tert-OH is 1. The molecule has 2 aliphatic rings. The Balaban J connectivity index is 1.42. The van der Waals surface area contributed by atoms with Crippen molar-refractivity contribution in [2.24, 2.45) is 5.92 Å². The Labute approximate surface area is 227 Å². The van der Waals surface area contributed by atoms with E-state index in [9.17, 15) is 22.8 Å². The number of hydrogen-bond acceptors (Lipinski definition) is 8. The van der Waals surface area contributed by atoms with Crippen LogP contribution in [0.4, 0.5) is 10.1 Å². The minimum Gasteiger partial charge on any atom is -0.387 e. The molecule has 0 bridgehead atoms. The van der Waals surface area contributed by atoms with Crippen LogP contribution in [-0.4, -0.2) is 61.2 Å². The van der Waals surface area contributed by atoms with Crippen molar-refractivity contribution < 1.29 is 32.3 Å². The molecule has 1 aromatic heterocycles. The molecule has 13 heteroatoms. The number of carbonyl (C=O) groups excluding carboxylic acids is 3. The van der Waals surface area contributed by atoms with Crippen LogP contribution in [0, 0.1) is 11.7 Å². The zero-order valence-corrected chi connectivity index (χ0v) is 22.4. The Morgan fingerprint density at radius 2 is 1.79 bits per heavy atom. The number of hydrogen-bond donors (Lipinski definition) is 4. The lowest BCUT2D eigenvalue weighted by Gasteiger charge is -2.15. The van der Waals surface area contributed by atoms with E-state index < -0.39 is 39.3 Å². The zero-order chi connectivity index (χ0) is 27.7. The maximum Gasteiger partial charge on any atom is 0.250 e. The number of amides is 3. The summed E-state index contributed by atoms with van der Waals surface area (Å²) in [6.07, 6.45) is 3.31. The number of sulfone groups is 1. The van der Waals surface area contributed by atoms with Gasteiger partial charge in [-0.3, -0.25) is 14.4 Å². The van der Waals surface area contributed by atoms with Crippen molar-refractivity contribution >= 4 is 54.8 Å². The number of rotatable bonds is 11. The summed E-state index contributed by atoms with van der Waals surface area (Å²) in [6.45, 7) is -1.01. The van der Waals surface area contributed by atoms with E-state index in [4.69, 9.17) is 5.11 Å². The van der Waals surface area contributed by atoms with Crippen LogP contribution in [0.25, 0.3) is 21.3 Å². The molecule has 10 nitrogen and oxygen atoms in total. The van der Waals surface area contributed by atoms with Gasteiger partial charge < -0.3 is 21.1 Å². The molecule has 206 valence electrons. The summed E-state index contributed by atoms with van der Waals surface area (Å²) in [5.41, 5.74) is 1.38. The fourth-order valence-electron chi connectivity index (χ4n) is 4.14. The van der Waals surface area contributed by atoms with E-state index in [1.807, 2.05) is 0 Å². The predicted molar refractivity (Wildman–Crippen MR) is 144 cm³/mol. The number of thiazole rings is 1. The van der Waals surface area contributed by atoms with Gasteiger partial charge in [-0.25, -0.2) is 17.8 Å². The Hall–Kier alpha value is -3.42. The van der Waals surface area contributed by atoms with Gasteiger partial charge in [0.1, 0.15) is 17.4 Å². The number of nitrogens with one attached hydrogen (secondary N) is 3. The summed E-state index contributed by atoms with van der Waals surface area (Å²) in [6, 6.07) is 9.16. The van der Waals surface area contributed by atoms with Crippen molar-refractivity contribution in [1.29, 1.82) is 0 Å². The van der Waals surface area contributed by atoms with E-state index in [1.165, 1.54) is 6.07 Å². The maximum atomic E-state index is 15.1. The summed E-state index contributed by atoms with van der Waals surface area (Å²) in [4.78, 5) is 40.9. The largest absolute Gasteiger partial charge is 0.387 e. The number of carbonyl (C=O) groups is 3. The molecule has 2 saturated carbocycles. The molecule has 2 aromatic carbocycles. The highest BCUT2D eigenvalue weighted by atomic mass is 32.2. The monoisotopic (exact) mass is 574 g/mol. The van der Waals surface area contributed by atoms with Crippen LogP contribution >= 0.6 is 11.3 Å². The van der Waals surface area contributed by atoms with Gasteiger partial charge in [-0.1, -0.05) is 12.1 Å². The predicted octanol–water partition coefficient (Wildman–Crippen LogP) is 2.29. The normalized spacial score (nSPS) is 16.1. The molecular formula is C26H27FN4O6S2. The molecule has 1 unspecified atom stereocenters. The first-order valence-corrected chi connectivity index (χ1v) is 15.1. The summed E-state index contributed by atoms with van der Waals surface area (Å²) >= 11 is 0.992. The fraction of sp³-hybridized carbons (Fsp3) is 0.385. The Morgan fingerprint density at radius 1 is 1.08 bits per heavy atom. The minimum atomic E-state index is -3.95. The first-order valence-electron chi connectivity index (χ1n) is 12.5. The van der Waals surface area contributed by atoms with Crippen molar-refractivity contribution in [3.05, 3.63) is 47.2 Å². The molecule has 3 aromatic rings. The molecule has 0 saturated heterocycles. The highest BCUT2D eigenvalue weighted by molar-refractivity contribution is 7.92. The molecule has 0 spiro atoms. The number of nitrogens with zero attached hydrogens (tertiary/aromatic N) is 1. The van der Waals surface area contributed by atoms with E-state index in [0.717, 1.165) is 37.0 Å². The third kappa shape index (κ3) is 6.60. The first kappa shape index (κ1) is 27.2. The van der Waals surface area contributed by atoms with Gasteiger partial charge in [0, 0.05) is 23.4 Å². The number of halogens is 1. The van der Waals surface area contributed by atoms with Crippen LogP contribution in [0.2, 0.25) is 0 Å². The lowest BCUT2D eigenvalue weighted by atomic mass is 10.0. The van der Waals surface area contributed by atoms with Gasteiger partial charge in [0.25, 0.3) is 0 Å². The lowest BCUT2D eigenvalue weighted by Crippen LogP contribution is -2.41. The van der Waals surface area contributed by atoms with Crippen molar-refractivity contribution in [3.8, 4) is 11.1 Å². The quantitative estimate of drug-likeness (QED) is 0.274. The second-order valence-electron chi connectivity index (χ2n) is 9.85. The number of anilines is 1. The molecule has 5 rings (SSSR count). The Kier molecular flexibility index (Phi) is 7.65. The van der Waals surface area contributed by atoms with Crippen LogP contribution < -0.4 is 16.0 Å². The fourth-order valence-corrected chi connectivity index (χ4v) is 7.64. The number of aromatic nitrogens is 1. The van der Waals surface area contributed by atoms with Crippen LogP contribution in [0.15, 0.2) is 36.4 Å². The summed E-state index contributed by atoms with van der Waals surface area (Å²) in [5.74, 6) is -2.55. The molecule has 2 aliphatic carbocycles. The SMILES string of the molecule is O=C(CO)Nc1ccc(-c2cc3sc(C(C(=O)NCC(=O)NC4CC4)S(=O)(=O)CC4CC4)nc3cc2F)cc1. The highest BCUT2D eigenvalue weighted by Gasteiger charge is 2.41. The second kappa shape index (κ2) is 11.0. The number of fused-ring (bicyclic) bond motifs is 1. The second-order valence-corrected chi connectivity index (χ2v) is 13.0. The molecule has 3 amide bonds. The molecule has 1 atom stereocenters. The van der Waals surface area contributed by atoms with Gasteiger partial charge in [0.2, 0.25) is 17.7 Å². The van der Waals surface area contributed by atoms with E-state index >= 15 is 4.39 Å². The Bertz CT molecular complexity index is 1530. The third-order valence-electron chi connectivity index (χ3n) is 6.47. The average Bonchev–Trinajstić information content (AvgIpc) is 3.82. The van der Waals surface area contributed by atoms with Gasteiger partial charge in [-0.05, 0) is 55.4 Å². The van der Waals surface area contributed by atoms with E-state index in [0.29, 0.717) is 16.0 Å². The molecule has 4 N–H and O–H groups in total. The lowest BCUT2D eigenvalue weighted by molar-refractivity contribution is -0.126. The van der Waals surface area contributed by atoms with Gasteiger partial charge in [-0.2, -0.15) is 0 Å². The molecule has 0 aliphatic heterocycles. The van der Waals surface area contributed by atoms with Gasteiger partial charge in [-0.15, -0.1) is 11.3 Å². The van der Waals surface area contributed by atoms with E-state index in [-0.39, 0.29) is 46.3 Å². The van der Waals surface area contributed by atoms with Crippen molar-refractivity contribution in [3.63, 3.8) is 0 Å². The van der Waals surface area contributed by atoms with Crippen LogP contribution in [0.5, 0.6) is 0 Å². The van der Waals surface area contributed by atoms with Gasteiger partial charge in [0.05, 0.1) is 22.5 Å². The number of aliphatic hydroxyl groups is 1. The van der Waals surface area contributed by atoms with Crippen molar-refractivity contribution in [2.45, 2.75) is 37.0 Å². The molecule has 39 heavy (non-hydrogen) atoms. The molecule has 2 fully saturated rings. The van der Waals surface area contributed by atoms with Crippen LogP contribution in [0.3, 0.4) is 0 Å². The first-order chi connectivity index (χ1) is 18.6. The van der Waals surface area contributed by atoms with Crippen LogP contribution in [0.1, 0.15) is 35.9 Å². The van der Waals surface area contributed by atoms with Crippen molar-refractivity contribution in [2.75, 3.05) is 24.2 Å². The smallest absolute Gasteiger partial charge is 0.250 e. The highest BCUT2D eigenvalue weighted by Crippen LogP contribution is 2.38. The van der Waals surface area contributed by atoms with Crippen molar-refractivity contribution in [1.82, 2.24) is 15.6 Å². The summed E-state index contributed by atoms with van der Waals surface area (Å²) < 4.78 is 42.2. The molecular weight excluding hydrogens is 547 g/mol. The van der Waals surface area contributed by atoms with Gasteiger partial charge >= 0.3 is 0 Å². The van der Waals surface area contributed by atoms with E-state index in [1.54, 1.807) is 30.3 Å². The average molecular weight is 575 g/mol. The van der Waals surface area contributed by atoms with E-state index in [2.05, 4.69) is 20.9 Å². The zero-order valence-electron chi connectivity index (χ0n) is 20.8. The summed E-state index contributed by atoms with van der Waals surface area (Å²) in [5, 5.41) is 15.0. The molecule has 0 radical (unpaired) electrons. The standard InChI is InChI=1S/C26H27FN4O6S2/c27-19-10-20-21(9-18(19)15-3-5-16(6-4-15)30-23(34)12-32)38-26(31-20)24(39(36,37)13-14-1-2-14)25(35)28-11-22(33)29-17-7-8-17/h3-6,9-10,14,17,24,32H,1-2,7-8,11-13H2,(H,28,35)(H,29,33)(H,30,34). The number of benzene rings is 2. The summed E-state index contributed by atoms with van der Waals surface area (Å²) in [7, 11) is -3.95. The topological polar surface area (TPSA) is 155 Å². The Morgan fingerprint density at radius 3 is 2.44 bits per heavy atom. The maximum absolute atomic E-state index is 15.1. The molecule has 1 heterocycles. The minimum absolute atomic E-state index is 0.00739. The third-order valence-corrected chi connectivity index (χ3v) is 9.79. The van der Waals surface area contributed by atoms with Crippen LogP contribution in [-0.2, 0) is 24.2 Å².